The van der Waals surface area contributed by atoms with Crippen molar-refractivity contribution in [2.75, 3.05) is 33.8 Å². The Hall–Kier alpha value is -1.64. The van der Waals surface area contributed by atoms with Crippen molar-refractivity contribution in [3.63, 3.8) is 0 Å². The van der Waals surface area contributed by atoms with Gasteiger partial charge in [-0.1, -0.05) is 37.8 Å². The third kappa shape index (κ3) is 7.95. The number of rotatable bonds is 9. The Bertz CT molecular complexity index is 725. The van der Waals surface area contributed by atoms with Gasteiger partial charge in [0, 0.05) is 27.2 Å². The summed E-state index contributed by atoms with van der Waals surface area (Å²) in [6, 6.07) is 6.86. The molecule has 0 atom stereocenters. The van der Waals surface area contributed by atoms with Crippen LogP contribution in [0.25, 0.3) is 0 Å². The number of nitrogens with one attached hydrogen (secondary N) is 2. The van der Waals surface area contributed by atoms with Gasteiger partial charge in [-0.05, 0) is 37.5 Å². The van der Waals surface area contributed by atoms with Gasteiger partial charge in [-0.15, -0.1) is 0 Å². The van der Waals surface area contributed by atoms with E-state index in [0.717, 1.165) is 18.1 Å². The second-order valence-corrected chi connectivity index (χ2v) is 9.69. The van der Waals surface area contributed by atoms with Crippen molar-refractivity contribution in [3.05, 3.63) is 29.8 Å². The lowest BCUT2D eigenvalue weighted by atomic mass is 10.1. The van der Waals surface area contributed by atoms with Gasteiger partial charge in [0.25, 0.3) is 0 Å². The maximum Gasteiger partial charge on any atom is 0.242 e. The fourth-order valence-corrected chi connectivity index (χ4v) is 4.20. The number of nitrogens with zero attached hydrogens (tertiary/aromatic N) is 2. The zero-order valence-electron chi connectivity index (χ0n) is 18.0. The maximum atomic E-state index is 12.1. The summed E-state index contributed by atoms with van der Waals surface area (Å²) in [5, 5.41) is 6.54. The first kappa shape index (κ1) is 23.6. The summed E-state index contributed by atoms with van der Waals surface area (Å²) in [4.78, 5) is 4.88. The van der Waals surface area contributed by atoms with Crippen LogP contribution in [0.4, 0.5) is 0 Å². The number of aliphatic imine (C=N–C) groups is 1. The van der Waals surface area contributed by atoms with Crippen molar-refractivity contribution in [1.82, 2.24) is 14.9 Å². The molecule has 8 heteroatoms. The van der Waals surface area contributed by atoms with E-state index in [1.54, 1.807) is 24.3 Å². The maximum absolute atomic E-state index is 12.1. The number of hydrogen-bond acceptors (Lipinski definition) is 4. The third-order valence-corrected chi connectivity index (χ3v) is 6.85. The summed E-state index contributed by atoms with van der Waals surface area (Å²) in [6.45, 7) is 4.66. The van der Waals surface area contributed by atoms with Crippen LogP contribution in [0.2, 0.25) is 0 Å². The van der Waals surface area contributed by atoms with Crippen LogP contribution < -0.4 is 10.6 Å². The molecule has 0 amide bonds. The molecule has 0 saturated heterocycles. The van der Waals surface area contributed by atoms with Crippen LogP contribution in [-0.4, -0.2) is 58.6 Å². The lowest BCUT2D eigenvalue weighted by molar-refractivity contribution is 0.0468. The molecule has 0 aromatic heterocycles. The largest absolute Gasteiger partial charge is 0.376 e. The Morgan fingerprint density at radius 2 is 1.76 bits per heavy atom. The molecule has 1 aromatic rings. The lowest BCUT2D eigenvalue weighted by Crippen LogP contribution is -2.39. The second kappa shape index (κ2) is 12.1. The van der Waals surface area contributed by atoms with Gasteiger partial charge in [0.2, 0.25) is 10.0 Å². The minimum Gasteiger partial charge on any atom is -0.376 e. The predicted molar refractivity (Wildman–Crippen MR) is 118 cm³/mol. The van der Waals surface area contributed by atoms with Gasteiger partial charge < -0.3 is 15.4 Å². The van der Waals surface area contributed by atoms with E-state index in [0.29, 0.717) is 25.8 Å². The molecule has 0 bridgehead atoms. The molecule has 0 heterocycles. The molecule has 1 aromatic carbocycles. The van der Waals surface area contributed by atoms with Gasteiger partial charge >= 0.3 is 0 Å². The third-order valence-electron chi connectivity index (χ3n) is 5.02. The van der Waals surface area contributed by atoms with Gasteiger partial charge in [-0.2, -0.15) is 0 Å². The fraction of sp³-hybridized carbons (Fsp3) is 0.667. The number of ether oxygens (including phenoxy) is 1. The molecule has 0 spiro atoms. The summed E-state index contributed by atoms with van der Waals surface area (Å²) in [5.41, 5.74) is 0.953. The fourth-order valence-electron chi connectivity index (χ4n) is 3.29. The van der Waals surface area contributed by atoms with Crippen LogP contribution in [-0.2, 0) is 21.3 Å². The highest BCUT2D eigenvalue weighted by molar-refractivity contribution is 7.89. The summed E-state index contributed by atoms with van der Waals surface area (Å²) < 4.78 is 31.5. The van der Waals surface area contributed by atoms with Crippen molar-refractivity contribution in [3.8, 4) is 0 Å². The second-order valence-electron chi connectivity index (χ2n) is 7.54. The minimum atomic E-state index is -3.40. The van der Waals surface area contributed by atoms with Crippen LogP contribution in [0.3, 0.4) is 0 Å². The van der Waals surface area contributed by atoms with Gasteiger partial charge in [0.05, 0.1) is 24.2 Å². The van der Waals surface area contributed by atoms with Crippen LogP contribution in [0.15, 0.2) is 34.2 Å². The van der Waals surface area contributed by atoms with Crippen molar-refractivity contribution < 1.29 is 13.2 Å². The zero-order chi connectivity index (χ0) is 21.1. The molecule has 7 nitrogen and oxygen atoms in total. The van der Waals surface area contributed by atoms with Crippen LogP contribution >= 0.6 is 0 Å². The molecule has 2 rings (SSSR count). The Kier molecular flexibility index (Phi) is 9.90. The average molecular weight is 425 g/mol. The summed E-state index contributed by atoms with van der Waals surface area (Å²) in [7, 11) is -0.343. The molecule has 1 saturated carbocycles. The zero-order valence-corrected chi connectivity index (χ0v) is 18.8. The van der Waals surface area contributed by atoms with Crippen LogP contribution in [0.1, 0.15) is 51.0 Å². The molecule has 0 aliphatic heterocycles. The smallest absolute Gasteiger partial charge is 0.242 e. The molecule has 0 unspecified atom stereocenters. The molecule has 1 aliphatic carbocycles. The molecule has 29 heavy (non-hydrogen) atoms. The van der Waals surface area contributed by atoms with E-state index in [-0.39, 0.29) is 4.90 Å². The molecule has 1 aliphatic rings. The first-order valence-electron chi connectivity index (χ1n) is 10.6. The molecular weight excluding hydrogens is 388 g/mol. The van der Waals surface area contributed by atoms with Gasteiger partial charge in [-0.25, -0.2) is 17.7 Å². The highest BCUT2D eigenvalue weighted by atomic mass is 32.2. The molecule has 1 fully saturated rings. The molecule has 0 radical (unpaired) electrons. The van der Waals surface area contributed by atoms with E-state index < -0.39 is 10.0 Å². The van der Waals surface area contributed by atoms with E-state index in [1.807, 2.05) is 6.92 Å². The van der Waals surface area contributed by atoms with E-state index in [4.69, 9.17) is 4.74 Å². The monoisotopic (exact) mass is 424 g/mol. The van der Waals surface area contributed by atoms with Gasteiger partial charge in [0.1, 0.15) is 0 Å². The van der Waals surface area contributed by atoms with Crippen molar-refractivity contribution in [2.45, 2.75) is 63.0 Å². The normalized spacial score (nSPS) is 16.6. The van der Waals surface area contributed by atoms with Crippen LogP contribution in [0, 0.1) is 0 Å². The number of hydrogen-bond donors (Lipinski definition) is 2. The van der Waals surface area contributed by atoms with Crippen molar-refractivity contribution in [1.29, 1.82) is 0 Å². The highest BCUT2D eigenvalue weighted by Gasteiger charge is 2.16. The van der Waals surface area contributed by atoms with E-state index >= 15 is 0 Å². The van der Waals surface area contributed by atoms with E-state index in [1.165, 1.54) is 56.9 Å². The summed E-state index contributed by atoms with van der Waals surface area (Å²) >= 11 is 0. The first-order valence-corrected chi connectivity index (χ1v) is 12.0. The van der Waals surface area contributed by atoms with Crippen molar-refractivity contribution >= 4 is 16.0 Å². The molecule has 2 N–H and O–H groups in total. The Morgan fingerprint density at radius 3 is 2.34 bits per heavy atom. The van der Waals surface area contributed by atoms with E-state index in [9.17, 15) is 8.42 Å². The quantitative estimate of drug-likeness (QED) is 0.276. The molecule has 164 valence electrons. The SMILES string of the molecule is CCNC(=NCc1ccc(S(=O)(=O)N(C)C)cc1)NCCOC1CCCCCC1. The van der Waals surface area contributed by atoms with Crippen molar-refractivity contribution in [2.24, 2.45) is 4.99 Å². The first-order chi connectivity index (χ1) is 13.9. The topological polar surface area (TPSA) is 83.0 Å². The summed E-state index contributed by atoms with van der Waals surface area (Å²) in [6.07, 6.45) is 7.96. The Morgan fingerprint density at radius 1 is 1.10 bits per heavy atom. The number of benzene rings is 1. The van der Waals surface area contributed by atoms with Gasteiger partial charge in [-0.3, -0.25) is 0 Å². The molecular formula is C21H36N4O3S. The minimum absolute atomic E-state index is 0.288. The Labute approximate surface area is 176 Å². The number of guanidine groups is 1. The Balaban J connectivity index is 1.83. The van der Waals surface area contributed by atoms with Crippen LogP contribution in [0.5, 0.6) is 0 Å². The lowest BCUT2D eigenvalue weighted by Gasteiger charge is -2.16. The van der Waals surface area contributed by atoms with E-state index in [2.05, 4.69) is 15.6 Å². The predicted octanol–water partition coefficient (Wildman–Crippen LogP) is 2.73. The average Bonchev–Trinajstić information content (AvgIpc) is 2.98. The number of sulfonamides is 1. The standard InChI is InChI=1S/C21H36N4O3S/c1-4-22-21(23-15-16-28-19-9-7-5-6-8-10-19)24-17-18-11-13-20(14-12-18)29(26,27)25(2)3/h11-14,19H,4-10,15-17H2,1-3H3,(H2,22,23,24). The summed E-state index contributed by atoms with van der Waals surface area (Å²) in [5.74, 6) is 0.738. The highest BCUT2D eigenvalue weighted by Crippen LogP contribution is 2.19. The van der Waals surface area contributed by atoms with Gasteiger partial charge in [0.15, 0.2) is 5.96 Å².